The number of carbonyl (C=O) groups excluding carboxylic acids is 2. The van der Waals surface area contributed by atoms with Gasteiger partial charge in [-0.1, -0.05) is 41.9 Å². The van der Waals surface area contributed by atoms with Crippen molar-refractivity contribution >= 4 is 29.3 Å². The van der Waals surface area contributed by atoms with Gasteiger partial charge in [0, 0.05) is 36.7 Å². The van der Waals surface area contributed by atoms with Crippen LogP contribution in [0.15, 0.2) is 53.6 Å². The summed E-state index contributed by atoms with van der Waals surface area (Å²) < 4.78 is 10.5. The zero-order valence-electron chi connectivity index (χ0n) is 20.0. The Bertz CT molecular complexity index is 1040. The molecule has 1 unspecified atom stereocenters. The van der Waals surface area contributed by atoms with Crippen molar-refractivity contribution < 1.29 is 19.1 Å². The molecule has 0 bridgehead atoms. The fraction of sp³-hybridized carbons (Fsp3) is 0.400. The zero-order valence-corrected chi connectivity index (χ0v) is 20.7. The first-order valence-electron chi connectivity index (χ1n) is 11.2. The number of ether oxygens (including phenoxy) is 2. The fourth-order valence-corrected chi connectivity index (χ4v) is 3.99. The quantitative estimate of drug-likeness (QED) is 0.578. The van der Waals surface area contributed by atoms with Gasteiger partial charge in [0.05, 0.1) is 25.5 Å². The Morgan fingerprint density at radius 1 is 1.21 bits per heavy atom. The SMILES string of the molecule is COCCN(CC(=O)N1N=C(c2cccc(OC)c2)CC1c1ccccc1Cl)C(=O)NC(C)C. The van der Waals surface area contributed by atoms with Crippen LogP contribution in [0.1, 0.15) is 37.4 Å². The number of nitrogens with zero attached hydrogens (tertiary/aromatic N) is 3. The molecule has 1 N–H and O–H groups in total. The average molecular weight is 487 g/mol. The topological polar surface area (TPSA) is 83.5 Å². The molecule has 0 fully saturated rings. The molecular weight excluding hydrogens is 456 g/mol. The van der Waals surface area contributed by atoms with Crippen molar-refractivity contribution in [1.82, 2.24) is 15.2 Å². The van der Waals surface area contributed by atoms with E-state index in [1.54, 1.807) is 20.3 Å². The number of hydrogen-bond donors (Lipinski definition) is 1. The lowest BCUT2D eigenvalue weighted by atomic mass is 9.98. The third kappa shape index (κ3) is 6.27. The van der Waals surface area contributed by atoms with E-state index in [9.17, 15) is 9.59 Å². The Morgan fingerprint density at radius 3 is 2.65 bits per heavy atom. The Kier molecular flexibility index (Phi) is 8.90. The molecule has 0 spiro atoms. The van der Waals surface area contributed by atoms with Gasteiger partial charge in [0.2, 0.25) is 0 Å². The van der Waals surface area contributed by atoms with Crippen LogP contribution in [0, 0.1) is 0 Å². The predicted octanol–water partition coefficient (Wildman–Crippen LogP) is 4.09. The molecule has 0 saturated heterocycles. The number of hydrazone groups is 1. The van der Waals surface area contributed by atoms with Gasteiger partial charge in [0.1, 0.15) is 12.3 Å². The Hall–Kier alpha value is -3.10. The lowest BCUT2D eigenvalue weighted by Gasteiger charge is -2.28. The maximum Gasteiger partial charge on any atom is 0.318 e. The summed E-state index contributed by atoms with van der Waals surface area (Å²) in [6.45, 7) is 4.18. The summed E-state index contributed by atoms with van der Waals surface area (Å²) in [7, 11) is 3.16. The molecule has 2 aromatic carbocycles. The minimum Gasteiger partial charge on any atom is -0.497 e. The Labute approximate surface area is 205 Å². The minimum atomic E-state index is -0.389. The maximum atomic E-state index is 13.5. The number of urea groups is 1. The highest BCUT2D eigenvalue weighted by atomic mass is 35.5. The molecule has 1 aliphatic heterocycles. The number of benzene rings is 2. The van der Waals surface area contributed by atoms with Gasteiger partial charge in [-0.3, -0.25) is 4.79 Å². The Balaban J connectivity index is 1.92. The van der Waals surface area contributed by atoms with Crippen LogP contribution in [0.2, 0.25) is 5.02 Å². The fourth-order valence-electron chi connectivity index (χ4n) is 3.73. The molecule has 1 heterocycles. The standard InChI is InChI=1S/C25H31ClN4O4/c1-17(2)27-25(32)29(12-13-33-3)16-24(31)30-23(20-10-5-6-11-21(20)26)15-22(28-30)18-8-7-9-19(14-18)34-4/h5-11,14,17,23H,12-13,15-16H2,1-4H3,(H,27,32). The molecule has 2 aromatic rings. The van der Waals surface area contributed by atoms with E-state index in [0.29, 0.717) is 23.8 Å². The molecule has 34 heavy (non-hydrogen) atoms. The van der Waals surface area contributed by atoms with Crippen LogP contribution in [0.25, 0.3) is 0 Å². The Morgan fingerprint density at radius 2 is 1.97 bits per heavy atom. The first-order chi connectivity index (χ1) is 16.3. The van der Waals surface area contributed by atoms with Crippen molar-refractivity contribution in [2.75, 3.05) is 33.9 Å². The highest BCUT2D eigenvalue weighted by Gasteiger charge is 2.35. The van der Waals surface area contributed by atoms with E-state index >= 15 is 0 Å². The summed E-state index contributed by atoms with van der Waals surface area (Å²) in [5.74, 6) is 0.396. The van der Waals surface area contributed by atoms with Crippen LogP contribution in [0.4, 0.5) is 4.79 Å². The second-order valence-electron chi connectivity index (χ2n) is 8.28. The normalized spacial score (nSPS) is 15.3. The zero-order chi connectivity index (χ0) is 24.7. The van der Waals surface area contributed by atoms with E-state index in [1.807, 2.05) is 56.3 Å². The van der Waals surface area contributed by atoms with Crippen molar-refractivity contribution in [1.29, 1.82) is 0 Å². The monoisotopic (exact) mass is 486 g/mol. The highest BCUT2D eigenvalue weighted by molar-refractivity contribution is 6.31. The molecule has 8 nitrogen and oxygen atoms in total. The predicted molar refractivity (Wildman–Crippen MR) is 132 cm³/mol. The van der Waals surface area contributed by atoms with E-state index in [1.165, 1.54) is 9.91 Å². The van der Waals surface area contributed by atoms with Gasteiger partial charge in [0.25, 0.3) is 5.91 Å². The van der Waals surface area contributed by atoms with Gasteiger partial charge in [-0.25, -0.2) is 9.80 Å². The number of hydrogen-bond acceptors (Lipinski definition) is 5. The molecule has 3 rings (SSSR count). The van der Waals surface area contributed by atoms with Gasteiger partial charge in [-0.15, -0.1) is 0 Å². The van der Waals surface area contributed by atoms with Gasteiger partial charge in [-0.05, 0) is 37.6 Å². The van der Waals surface area contributed by atoms with Crippen LogP contribution in [0.5, 0.6) is 5.75 Å². The van der Waals surface area contributed by atoms with E-state index in [-0.39, 0.29) is 37.1 Å². The molecule has 182 valence electrons. The summed E-state index contributed by atoms with van der Waals surface area (Å²) in [5, 5.41) is 9.52. The molecule has 0 saturated carbocycles. The number of carbonyl (C=O) groups is 2. The summed E-state index contributed by atoms with van der Waals surface area (Å²) in [6, 6.07) is 14.2. The van der Waals surface area contributed by atoms with Crippen molar-refractivity contribution in [3.8, 4) is 5.75 Å². The smallest absolute Gasteiger partial charge is 0.318 e. The summed E-state index contributed by atoms with van der Waals surface area (Å²) in [4.78, 5) is 27.6. The van der Waals surface area contributed by atoms with Crippen LogP contribution in [0.3, 0.4) is 0 Å². The minimum absolute atomic E-state index is 0.0620. The summed E-state index contributed by atoms with van der Waals surface area (Å²) in [6.07, 6.45) is 0.485. The van der Waals surface area contributed by atoms with Crippen molar-refractivity contribution in [3.63, 3.8) is 0 Å². The third-order valence-corrected chi connectivity index (χ3v) is 5.77. The molecule has 9 heteroatoms. The van der Waals surface area contributed by atoms with Crippen LogP contribution >= 0.6 is 11.6 Å². The van der Waals surface area contributed by atoms with Crippen LogP contribution in [-0.2, 0) is 9.53 Å². The molecule has 0 aliphatic carbocycles. The molecular formula is C25H31ClN4O4. The largest absolute Gasteiger partial charge is 0.497 e. The number of nitrogens with one attached hydrogen (secondary N) is 1. The summed E-state index contributed by atoms with van der Waals surface area (Å²) in [5.41, 5.74) is 2.40. The summed E-state index contributed by atoms with van der Waals surface area (Å²) >= 11 is 6.50. The second-order valence-corrected chi connectivity index (χ2v) is 8.68. The number of methoxy groups -OCH3 is 2. The molecule has 3 amide bonds. The van der Waals surface area contributed by atoms with Gasteiger partial charge >= 0.3 is 6.03 Å². The maximum absolute atomic E-state index is 13.5. The first kappa shape index (κ1) is 25.5. The van der Waals surface area contributed by atoms with Gasteiger partial charge in [0.15, 0.2) is 0 Å². The highest BCUT2D eigenvalue weighted by Crippen LogP contribution is 2.36. The van der Waals surface area contributed by atoms with E-state index in [4.69, 9.17) is 21.1 Å². The van der Waals surface area contributed by atoms with Gasteiger partial charge in [-0.2, -0.15) is 5.10 Å². The van der Waals surface area contributed by atoms with Crippen molar-refractivity contribution in [3.05, 3.63) is 64.7 Å². The van der Waals surface area contributed by atoms with Gasteiger partial charge < -0.3 is 19.7 Å². The molecule has 1 aliphatic rings. The molecule has 0 aromatic heterocycles. The van der Waals surface area contributed by atoms with Crippen molar-refractivity contribution in [2.24, 2.45) is 5.10 Å². The average Bonchev–Trinajstić information content (AvgIpc) is 3.27. The number of amides is 3. The van der Waals surface area contributed by atoms with E-state index in [0.717, 1.165) is 16.8 Å². The first-order valence-corrected chi connectivity index (χ1v) is 11.5. The van der Waals surface area contributed by atoms with Crippen LogP contribution in [-0.4, -0.2) is 67.5 Å². The number of rotatable bonds is 9. The third-order valence-electron chi connectivity index (χ3n) is 5.42. The second kappa shape index (κ2) is 11.9. The van der Waals surface area contributed by atoms with Crippen LogP contribution < -0.4 is 10.1 Å². The molecule has 1 atom stereocenters. The lowest BCUT2D eigenvalue weighted by molar-refractivity contribution is -0.133. The van der Waals surface area contributed by atoms with E-state index < -0.39 is 0 Å². The van der Waals surface area contributed by atoms with Crippen molar-refractivity contribution in [2.45, 2.75) is 32.4 Å². The van der Waals surface area contributed by atoms with E-state index in [2.05, 4.69) is 10.4 Å². The number of halogens is 1. The molecule has 0 radical (unpaired) electrons. The lowest BCUT2D eigenvalue weighted by Crippen LogP contribution is -2.48.